The van der Waals surface area contributed by atoms with E-state index in [4.69, 9.17) is 9.47 Å². The Labute approximate surface area is 107 Å². The van der Waals surface area contributed by atoms with Crippen molar-refractivity contribution in [2.75, 3.05) is 13.7 Å². The molecule has 0 aliphatic carbocycles. The first-order valence-electron chi connectivity index (χ1n) is 5.89. The SMILES string of the molecule is C=CC(=O)N1Cc2cc(OC)ccc2O[C@@H](C)C1. The van der Waals surface area contributed by atoms with Crippen molar-refractivity contribution in [1.29, 1.82) is 0 Å². The van der Waals surface area contributed by atoms with E-state index in [0.29, 0.717) is 13.1 Å². The molecule has 18 heavy (non-hydrogen) atoms. The third-order valence-electron chi connectivity index (χ3n) is 2.92. The lowest BCUT2D eigenvalue weighted by atomic mass is 10.2. The van der Waals surface area contributed by atoms with Crippen LogP contribution in [0.1, 0.15) is 12.5 Å². The molecule has 0 unspecified atom stereocenters. The highest BCUT2D eigenvalue weighted by molar-refractivity contribution is 5.87. The van der Waals surface area contributed by atoms with Gasteiger partial charge in [-0.25, -0.2) is 0 Å². The molecule has 0 N–H and O–H groups in total. The summed E-state index contributed by atoms with van der Waals surface area (Å²) >= 11 is 0. The molecule has 0 radical (unpaired) electrons. The molecule has 0 aromatic heterocycles. The van der Waals surface area contributed by atoms with Gasteiger partial charge < -0.3 is 14.4 Å². The lowest BCUT2D eigenvalue weighted by molar-refractivity contribution is -0.127. The Morgan fingerprint density at radius 1 is 1.61 bits per heavy atom. The summed E-state index contributed by atoms with van der Waals surface area (Å²) in [7, 11) is 1.62. The first-order chi connectivity index (χ1) is 8.63. The maximum atomic E-state index is 11.8. The van der Waals surface area contributed by atoms with Gasteiger partial charge in [0.2, 0.25) is 5.91 Å². The number of nitrogens with zero attached hydrogens (tertiary/aromatic N) is 1. The molecule has 4 heteroatoms. The van der Waals surface area contributed by atoms with Crippen molar-refractivity contribution < 1.29 is 14.3 Å². The minimum Gasteiger partial charge on any atom is -0.497 e. The Balaban J connectivity index is 2.34. The molecule has 0 saturated heterocycles. The zero-order chi connectivity index (χ0) is 13.1. The first kappa shape index (κ1) is 12.5. The number of hydrogen-bond acceptors (Lipinski definition) is 3. The van der Waals surface area contributed by atoms with Crippen LogP contribution in [0.25, 0.3) is 0 Å². The van der Waals surface area contributed by atoms with Gasteiger partial charge in [-0.15, -0.1) is 0 Å². The van der Waals surface area contributed by atoms with E-state index in [0.717, 1.165) is 17.1 Å². The van der Waals surface area contributed by atoms with Gasteiger partial charge in [-0.3, -0.25) is 4.79 Å². The van der Waals surface area contributed by atoms with Crippen LogP contribution in [0.3, 0.4) is 0 Å². The minimum absolute atomic E-state index is 0.0384. The predicted octanol–water partition coefficient (Wildman–Crippen LogP) is 1.99. The minimum atomic E-state index is -0.0823. The van der Waals surface area contributed by atoms with Crippen LogP contribution in [0.5, 0.6) is 11.5 Å². The highest BCUT2D eigenvalue weighted by Gasteiger charge is 2.22. The number of hydrogen-bond donors (Lipinski definition) is 0. The van der Waals surface area contributed by atoms with Gasteiger partial charge in [-0.05, 0) is 31.2 Å². The van der Waals surface area contributed by atoms with E-state index in [2.05, 4.69) is 6.58 Å². The summed E-state index contributed by atoms with van der Waals surface area (Å²) in [5.74, 6) is 1.49. The van der Waals surface area contributed by atoms with E-state index < -0.39 is 0 Å². The van der Waals surface area contributed by atoms with Gasteiger partial charge in [0.15, 0.2) is 0 Å². The summed E-state index contributed by atoms with van der Waals surface area (Å²) in [5, 5.41) is 0. The number of amides is 1. The highest BCUT2D eigenvalue weighted by Crippen LogP contribution is 2.28. The predicted molar refractivity (Wildman–Crippen MR) is 68.7 cm³/mol. The third kappa shape index (κ3) is 2.47. The Morgan fingerprint density at radius 2 is 2.39 bits per heavy atom. The smallest absolute Gasteiger partial charge is 0.246 e. The largest absolute Gasteiger partial charge is 0.497 e. The van der Waals surface area contributed by atoms with Crippen molar-refractivity contribution in [3.05, 3.63) is 36.4 Å². The van der Waals surface area contributed by atoms with Gasteiger partial charge in [0.05, 0.1) is 13.7 Å². The molecule has 1 heterocycles. The van der Waals surface area contributed by atoms with Crippen molar-refractivity contribution >= 4 is 5.91 Å². The number of methoxy groups -OCH3 is 1. The summed E-state index contributed by atoms with van der Waals surface area (Å²) < 4.78 is 11.0. The molecule has 1 aromatic rings. The number of carbonyl (C=O) groups excluding carboxylic acids is 1. The summed E-state index contributed by atoms with van der Waals surface area (Å²) in [6.45, 7) is 6.54. The van der Waals surface area contributed by atoms with E-state index in [1.165, 1.54) is 6.08 Å². The quantitative estimate of drug-likeness (QED) is 0.750. The molecular formula is C14H17NO3. The zero-order valence-electron chi connectivity index (χ0n) is 10.7. The normalized spacial score (nSPS) is 18.3. The molecular weight excluding hydrogens is 230 g/mol. The fourth-order valence-corrected chi connectivity index (χ4v) is 2.05. The van der Waals surface area contributed by atoms with E-state index >= 15 is 0 Å². The fourth-order valence-electron chi connectivity index (χ4n) is 2.05. The molecule has 0 saturated carbocycles. The lowest BCUT2D eigenvalue weighted by Crippen LogP contribution is -2.34. The van der Waals surface area contributed by atoms with Gasteiger partial charge in [-0.2, -0.15) is 0 Å². The monoisotopic (exact) mass is 247 g/mol. The second-order valence-corrected chi connectivity index (χ2v) is 4.33. The molecule has 1 amide bonds. The molecule has 1 aliphatic rings. The van der Waals surface area contributed by atoms with Crippen LogP contribution >= 0.6 is 0 Å². The average molecular weight is 247 g/mol. The van der Waals surface area contributed by atoms with Crippen LogP contribution in [0.2, 0.25) is 0 Å². The second-order valence-electron chi connectivity index (χ2n) is 4.33. The molecule has 1 aromatic carbocycles. The molecule has 2 rings (SSSR count). The molecule has 96 valence electrons. The summed E-state index contributed by atoms with van der Waals surface area (Å²) in [4.78, 5) is 13.5. The van der Waals surface area contributed by atoms with Crippen LogP contribution in [0, 0.1) is 0 Å². The molecule has 0 spiro atoms. The van der Waals surface area contributed by atoms with E-state index in [1.807, 2.05) is 25.1 Å². The maximum Gasteiger partial charge on any atom is 0.246 e. The number of ether oxygens (including phenoxy) is 2. The van der Waals surface area contributed by atoms with Crippen LogP contribution in [0.15, 0.2) is 30.9 Å². The Morgan fingerprint density at radius 3 is 3.06 bits per heavy atom. The maximum absolute atomic E-state index is 11.8. The molecule has 1 aliphatic heterocycles. The standard InChI is InChI=1S/C14H17NO3/c1-4-14(16)15-8-10(2)18-13-6-5-12(17-3)7-11(13)9-15/h4-7,10H,1,8-9H2,2-3H3/t10-/m0/s1. The highest BCUT2D eigenvalue weighted by atomic mass is 16.5. The molecule has 1 atom stereocenters. The van der Waals surface area contributed by atoms with Crippen LogP contribution in [0.4, 0.5) is 0 Å². The van der Waals surface area contributed by atoms with Gasteiger partial charge in [0, 0.05) is 12.1 Å². The topological polar surface area (TPSA) is 38.8 Å². The summed E-state index contributed by atoms with van der Waals surface area (Å²) in [6.07, 6.45) is 1.29. The fraction of sp³-hybridized carbons (Fsp3) is 0.357. The van der Waals surface area contributed by atoms with Gasteiger partial charge in [0.25, 0.3) is 0 Å². The third-order valence-corrected chi connectivity index (χ3v) is 2.92. The Hall–Kier alpha value is -1.97. The number of rotatable bonds is 2. The number of carbonyl (C=O) groups is 1. The average Bonchev–Trinajstić information content (AvgIpc) is 2.54. The number of fused-ring (bicyclic) bond motifs is 1. The van der Waals surface area contributed by atoms with Crippen LogP contribution < -0.4 is 9.47 Å². The Bertz CT molecular complexity index is 470. The molecule has 0 fully saturated rings. The second kappa shape index (κ2) is 5.12. The van der Waals surface area contributed by atoms with Gasteiger partial charge in [0.1, 0.15) is 17.6 Å². The van der Waals surface area contributed by atoms with Gasteiger partial charge in [-0.1, -0.05) is 6.58 Å². The van der Waals surface area contributed by atoms with E-state index in [9.17, 15) is 4.79 Å². The van der Waals surface area contributed by atoms with E-state index in [-0.39, 0.29) is 12.0 Å². The Kier molecular flexibility index (Phi) is 3.55. The van der Waals surface area contributed by atoms with Crippen molar-refractivity contribution in [2.45, 2.75) is 19.6 Å². The summed E-state index contributed by atoms with van der Waals surface area (Å²) in [6, 6.07) is 5.64. The van der Waals surface area contributed by atoms with Crippen LogP contribution in [-0.4, -0.2) is 30.6 Å². The van der Waals surface area contributed by atoms with Crippen molar-refractivity contribution in [1.82, 2.24) is 4.90 Å². The summed E-state index contributed by atoms with van der Waals surface area (Å²) in [5.41, 5.74) is 0.953. The lowest BCUT2D eigenvalue weighted by Gasteiger charge is -2.20. The van der Waals surface area contributed by atoms with Gasteiger partial charge >= 0.3 is 0 Å². The first-order valence-corrected chi connectivity index (χ1v) is 5.89. The van der Waals surface area contributed by atoms with Crippen molar-refractivity contribution in [3.63, 3.8) is 0 Å². The zero-order valence-corrected chi connectivity index (χ0v) is 10.7. The van der Waals surface area contributed by atoms with Crippen molar-refractivity contribution in [3.8, 4) is 11.5 Å². The van der Waals surface area contributed by atoms with E-state index in [1.54, 1.807) is 12.0 Å². The molecule has 4 nitrogen and oxygen atoms in total. The van der Waals surface area contributed by atoms with Crippen LogP contribution in [-0.2, 0) is 11.3 Å². The van der Waals surface area contributed by atoms with Crippen molar-refractivity contribution in [2.24, 2.45) is 0 Å². The number of benzene rings is 1. The molecule has 0 bridgehead atoms.